The van der Waals surface area contributed by atoms with Crippen LogP contribution in [-0.4, -0.2) is 11.2 Å². The van der Waals surface area contributed by atoms with Gasteiger partial charge in [-0.15, -0.1) is 0 Å². The minimum atomic E-state index is -0.378. The van der Waals surface area contributed by atoms with Crippen molar-refractivity contribution >= 4 is 16.9 Å². The summed E-state index contributed by atoms with van der Waals surface area (Å²) in [5.74, 6) is 0.190. The average molecular weight is 223 g/mol. The Morgan fingerprint density at radius 3 is 2.27 bits per heavy atom. The van der Waals surface area contributed by atoms with E-state index in [1.165, 1.54) is 17.3 Å². The largest absolute Gasteiger partial charge is 0.321 e. The second kappa shape index (κ2) is 5.33. The maximum atomic E-state index is 11.7. The number of carbonyl (C=O) groups is 1. The lowest BCUT2D eigenvalue weighted by Gasteiger charge is -2.13. The molecule has 0 spiro atoms. The standard InChI is InChI=1S/C12H17NOS/c1-8(2)11(13)12(14)15-10-6-4-9(3)5-7-10/h4-8,11H,13H2,1-3H3. The summed E-state index contributed by atoms with van der Waals surface area (Å²) in [6.45, 7) is 5.94. The maximum absolute atomic E-state index is 11.7. The van der Waals surface area contributed by atoms with Gasteiger partial charge in [-0.05, 0) is 25.0 Å². The van der Waals surface area contributed by atoms with Crippen LogP contribution < -0.4 is 5.73 Å². The summed E-state index contributed by atoms with van der Waals surface area (Å²) >= 11 is 1.22. The highest BCUT2D eigenvalue weighted by Crippen LogP contribution is 2.21. The molecule has 82 valence electrons. The maximum Gasteiger partial charge on any atom is 0.210 e. The highest BCUT2D eigenvalue weighted by atomic mass is 32.2. The highest BCUT2D eigenvalue weighted by Gasteiger charge is 2.18. The monoisotopic (exact) mass is 223 g/mol. The molecule has 1 aromatic rings. The number of nitrogens with two attached hydrogens (primary N) is 1. The van der Waals surface area contributed by atoms with E-state index in [2.05, 4.69) is 0 Å². The molecule has 2 nitrogen and oxygen atoms in total. The van der Waals surface area contributed by atoms with Gasteiger partial charge in [0.15, 0.2) is 0 Å². The van der Waals surface area contributed by atoms with E-state index in [4.69, 9.17) is 5.73 Å². The summed E-state index contributed by atoms with van der Waals surface area (Å²) in [6, 6.07) is 7.51. The molecule has 0 fully saturated rings. The molecule has 1 unspecified atom stereocenters. The molecule has 1 rings (SSSR count). The van der Waals surface area contributed by atoms with Gasteiger partial charge in [0, 0.05) is 4.90 Å². The van der Waals surface area contributed by atoms with Crippen LogP contribution in [0.25, 0.3) is 0 Å². The Labute approximate surface area is 95.2 Å². The van der Waals surface area contributed by atoms with E-state index in [0.29, 0.717) is 0 Å². The van der Waals surface area contributed by atoms with E-state index in [1.807, 2.05) is 45.0 Å². The average Bonchev–Trinajstić information content (AvgIpc) is 2.20. The van der Waals surface area contributed by atoms with Gasteiger partial charge in [-0.1, -0.05) is 43.3 Å². The number of hydrogen-bond donors (Lipinski definition) is 1. The van der Waals surface area contributed by atoms with Crippen LogP contribution in [0, 0.1) is 12.8 Å². The SMILES string of the molecule is Cc1ccc(SC(=O)C(N)C(C)C)cc1. The Kier molecular flexibility index (Phi) is 4.36. The number of hydrogen-bond acceptors (Lipinski definition) is 3. The Balaban J connectivity index is 2.62. The van der Waals surface area contributed by atoms with Crippen molar-refractivity contribution in [1.82, 2.24) is 0 Å². The first-order chi connectivity index (χ1) is 7.00. The minimum absolute atomic E-state index is 0.0360. The molecule has 15 heavy (non-hydrogen) atoms. The van der Waals surface area contributed by atoms with Crippen LogP contribution in [0.1, 0.15) is 19.4 Å². The van der Waals surface area contributed by atoms with Crippen LogP contribution in [-0.2, 0) is 4.79 Å². The first-order valence-corrected chi connectivity index (χ1v) is 5.86. The third-order valence-electron chi connectivity index (χ3n) is 2.23. The second-order valence-corrected chi connectivity index (χ2v) is 5.08. The molecular weight excluding hydrogens is 206 g/mol. The first kappa shape index (κ1) is 12.3. The van der Waals surface area contributed by atoms with Crippen LogP contribution in [0.4, 0.5) is 0 Å². The van der Waals surface area contributed by atoms with Gasteiger partial charge in [-0.2, -0.15) is 0 Å². The molecule has 0 bridgehead atoms. The Morgan fingerprint density at radius 2 is 1.80 bits per heavy atom. The number of benzene rings is 1. The fourth-order valence-electron chi connectivity index (χ4n) is 1.06. The van der Waals surface area contributed by atoms with E-state index in [9.17, 15) is 4.79 Å². The molecule has 0 aliphatic rings. The van der Waals surface area contributed by atoms with E-state index in [1.54, 1.807) is 0 Å². The van der Waals surface area contributed by atoms with Crippen molar-refractivity contribution < 1.29 is 4.79 Å². The summed E-state index contributed by atoms with van der Waals surface area (Å²) in [5, 5.41) is 0.0360. The van der Waals surface area contributed by atoms with Gasteiger partial charge in [0.05, 0.1) is 6.04 Å². The van der Waals surface area contributed by atoms with Crippen LogP contribution in [0.15, 0.2) is 29.2 Å². The third kappa shape index (κ3) is 3.68. The zero-order valence-electron chi connectivity index (χ0n) is 9.36. The Morgan fingerprint density at radius 1 is 1.27 bits per heavy atom. The van der Waals surface area contributed by atoms with Gasteiger partial charge >= 0.3 is 0 Å². The predicted octanol–water partition coefficient (Wildman–Crippen LogP) is 2.60. The summed E-state index contributed by atoms with van der Waals surface area (Å²) < 4.78 is 0. The van der Waals surface area contributed by atoms with Crippen LogP contribution in [0.5, 0.6) is 0 Å². The van der Waals surface area contributed by atoms with E-state index in [-0.39, 0.29) is 17.1 Å². The molecule has 0 heterocycles. The predicted molar refractivity (Wildman–Crippen MR) is 64.9 cm³/mol. The second-order valence-electron chi connectivity index (χ2n) is 4.00. The van der Waals surface area contributed by atoms with Gasteiger partial charge in [0.1, 0.15) is 0 Å². The number of carbonyl (C=O) groups excluding carboxylic acids is 1. The van der Waals surface area contributed by atoms with Crippen molar-refractivity contribution in [3.05, 3.63) is 29.8 Å². The van der Waals surface area contributed by atoms with Gasteiger partial charge in [0.2, 0.25) is 5.12 Å². The fraction of sp³-hybridized carbons (Fsp3) is 0.417. The van der Waals surface area contributed by atoms with Crippen LogP contribution in [0.3, 0.4) is 0 Å². The summed E-state index contributed by atoms with van der Waals surface area (Å²) in [5.41, 5.74) is 6.96. The zero-order chi connectivity index (χ0) is 11.4. The molecule has 0 amide bonds. The normalized spacial score (nSPS) is 12.9. The number of thioether (sulfide) groups is 1. The Hall–Kier alpha value is -0.800. The quantitative estimate of drug-likeness (QED) is 0.801. The van der Waals surface area contributed by atoms with Crippen molar-refractivity contribution in [1.29, 1.82) is 0 Å². The summed E-state index contributed by atoms with van der Waals surface area (Å²) in [7, 11) is 0. The lowest BCUT2D eigenvalue weighted by molar-refractivity contribution is -0.112. The topological polar surface area (TPSA) is 43.1 Å². The molecule has 3 heteroatoms. The van der Waals surface area contributed by atoms with Crippen molar-refractivity contribution in [2.24, 2.45) is 11.7 Å². The molecule has 0 saturated carbocycles. The van der Waals surface area contributed by atoms with Gasteiger partial charge in [-0.3, -0.25) is 4.79 Å². The third-order valence-corrected chi connectivity index (χ3v) is 3.21. The van der Waals surface area contributed by atoms with Gasteiger partial charge in [0.25, 0.3) is 0 Å². The molecule has 0 aromatic heterocycles. The summed E-state index contributed by atoms with van der Waals surface area (Å²) in [6.07, 6.45) is 0. The van der Waals surface area contributed by atoms with E-state index in [0.717, 1.165) is 4.90 Å². The minimum Gasteiger partial charge on any atom is -0.321 e. The van der Waals surface area contributed by atoms with Crippen molar-refractivity contribution in [2.45, 2.75) is 31.7 Å². The zero-order valence-corrected chi connectivity index (χ0v) is 10.2. The molecule has 0 saturated heterocycles. The first-order valence-electron chi connectivity index (χ1n) is 5.04. The lowest BCUT2D eigenvalue weighted by atomic mass is 10.1. The van der Waals surface area contributed by atoms with Crippen molar-refractivity contribution in [3.8, 4) is 0 Å². The smallest absolute Gasteiger partial charge is 0.210 e. The highest BCUT2D eigenvalue weighted by molar-refractivity contribution is 8.13. The fourth-order valence-corrected chi connectivity index (χ4v) is 1.98. The Bertz CT molecular complexity index is 332. The van der Waals surface area contributed by atoms with Crippen molar-refractivity contribution in [2.75, 3.05) is 0 Å². The molecule has 2 N–H and O–H groups in total. The molecule has 1 aromatic carbocycles. The van der Waals surface area contributed by atoms with E-state index < -0.39 is 0 Å². The molecule has 0 radical (unpaired) electrons. The molecule has 0 aliphatic carbocycles. The van der Waals surface area contributed by atoms with Crippen LogP contribution in [0.2, 0.25) is 0 Å². The lowest BCUT2D eigenvalue weighted by Crippen LogP contribution is -2.33. The van der Waals surface area contributed by atoms with Gasteiger partial charge in [-0.25, -0.2) is 0 Å². The number of aryl methyl sites for hydroxylation is 1. The molecule has 0 aliphatic heterocycles. The molecular formula is C12H17NOS. The summed E-state index contributed by atoms with van der Waals surface area (Å²) in [4.78, 5) is 12.6. The molecule has 1 atom stereocenters. The van der Waals surface area contributed by atoms with Gasteiger partial charge < -0.3 is 5.73 Å². The van der Waals surface area contributed by atoms with Crippen LogP contribution >= 0.6 is 11.8 Å². The van der Waals surface area contributed by atoms with Crippen molar-refractivity contribution in [3.63, 3.8) is 0 Å². The van der Waals surface area contributed by atoms with E-state index >= 15 is 0 Å². The number of rotatable bonds is 3.